The molecule has 1 aromatic heterocycles. The Morgan fingerprint density at radius 1 is 1.08 bits per heavy atom. The summed E-state index contributed by atoms with van der Waals surface area (Å²) in [4.78, 5) is 12.7. The average molecular weight is 324 g/mol. The van der Waals surface area contributed by atoms with Gasteiger partial charge in [-0.05, 0) is 51.8 Å². The van der Waals surface area contributed by atoms with E-state index in [2.05, 4.69) is 48.0 Å². The predicted octanol–water partition coefficient (Wildman–Crippen LogP) is 4.51. The molecule has 1 heterocycles. The Balaban J connectivity index is 1.75. The van der Waals surface area contributed by atoms with E-state index in [0.717, 1.165) is 22.6 Å². The Bertz CT molecular complexity index is 706. The van der Waals surface area contributed by atoms with Crippen LogP contribution in [0.3, 0.4) is 0 Å². The van der Waals surface area contributed by atoms with Gasteiger partial charge in [-0.25, -0.2) is 0 Å². The third-order valence-electron chi connectivity index (χ3n) is 5.18. The lowest BCUT2D eigenvalue weighted by Crippen LogP contribution is -2.35. The van der Waals surface area contributed by atoms with Crippen LogP contribution in [0.5, 0.6) is 0 Å². The average Bonchev–Trinajstić information content (AvgIpc) is 2.89. The van der Waals surface area contributed by atoms with E-state index in [1.54, 1.807) is 0 Å². The molecule has 0 amide bonds. The number of ketones is 1. The Morgan fingerprint density at radius 2 is 1.75 bits per heavy atom. The predicted molar refractivity (Wildman–Crippen MR) is 99.2 cm³/mol. The number of Topliss-reactive ketones (excluding diaryl/α,β-unsaturated/α-hetero) is 1. The first-order valence-electron chi connectivity index (χ1n) is 9.09. The second kappa shape index (κ2) is 7.35. The van der Waals surface area contributed by atoms with Crippen LogP contribution >= 0.6 is 0 Å². The number of hydrogen-bond donors (Lipinski definition) is 1. The van der Waals surface area contributed by atoms with Crippen molar-refractivity contribution in [3.63, 3.8) is 0 Å². The molecule has 3 nitrogen and oxygen atoms in total. The largest absolute Gasteiger partial charge is 0.318 e. The van der Waals surface area contributed by atoms with Crippen molar-refractivity contribution in [3.8, 4) is 5.69 Å². The number of hydrogen-bond acceptors (Lipinski definition) is 2. The third-order valence-corrected chi connectivity index (χ3v) is 5.18. The third kappa shape index (κ3) is 3.62. The zero-order valence-electron chi connectivity index (χ0n) is 15.1. The molecule has 1 aliphatic carbocycles. The molecule has 1 fully saturated rings. The Labute approximate surface area is 145 Å². The van der Waals surface area contributed by atoms with Crippen molar-refractivity contribution < 1.29 is 4.79 Å². The summed E-state index contributed by atoms with van der Waals surface area (Å²) in [5.74, 6) is 0.201. The molecule has 0 atom stereocenters. The van der Waals surface area contributed by atoms with Crippen LogP contribution in [0.2, 0.25) is 0 Å². The number of aryl methyl sites for hydroxylation is 2. The van der Waals surface area contributed by atoms with E-state index in [1.165, 1.54) is 37.7 Å². The van der Waals surface area contributed by atoms with Gasteiger partial charge in [0.05, 0.1) is 6.54 Å². The zero-order valence-corrected chi connectivity index (χ0v) is 15.1. The molecule has 0 unspecified atom stereocenters. The normalized spacial score (nSPS) is 15.6. The minimum absolute atomic E-state index is 0.201. The maximum Gasteiger partial charge on any atom is 0.178 e. The van der Waals surface area contributed by atoms with E-state index in [1.807, 2.05) is 13.0 Å². The summed E-state index contributed by atoms with van der Waals surface area (Å²) in [5, 5.41) is 3.46. The molecule has 0 radical (unpaired) electrons. The highest BCUT2D eigenvalue weighted by Gasteiger charge is 2.19. The molecule has 1 saturated carbocycles. The molecular formula is C21H28N2O. The highest BCUT2D eigenvalue weighted by molar-refractivity contribution is 5.99. The molecule has 3 rings (SSSR count). The lowest BCUT2D eigenvalue weighted by atomic mass is 9.95. The standard InChI is InChI=1S/C21H28N2O/c1-15-9-11-19(12-10-15)23-16(2)13-20(17(23)3)21(24)14-22-18-7-5-4-6-8-18/h9-13,18,22H,4-8,14H2,1-3H3. The van der Waals surface area contributed by atoms with E-state index in [0.29, 0.717) is 12.6 Å². The molecule has 1 aromatic carbocycles. The number of nitrogens with zero attached hydrogens (tertiary/aromatic N) is 1. The zero-order chi connectivity index (χ0) is 17.1. The van der Waals surface area contributed by atoms with E-state index < -0.39 is 0 Å². The number of carbonyl (C=O) groups excluding carboxylic acids is 1. The van der Waals surface area contributed by atoms with Gasteiger partial charge >= 0.3 is 0 Å². The van der Waals surface area contributed by atoms with Crippen LogP contribution in [0.15, 0.2) is 30.3 Å². The van der Waals surface area contributed by atoms with Gasteiger partial charge in [0.2, 0.25) is 0 Å². The second-order valence-corrected chi connectivity index (χ2v) is 7.09. The van der Waals surface area contributed by atoms with Crippen molar-refractivity contribution in [3.05, 3.63) is 52.8 Å². The highest BCUT2D eigenvalue weighted by Crippen LogP contribution is 2.22. The Morgan fingerprint density at radius 3 is 2.42 bits per heavy atom. The first kappa shape index (κ1) is 17.0. The maximum atomic E-state index is 12.7. The van der Waals surface area contributed by atoms with Gasteiger partial charge in [-0.3, -0.25) is 4.79 Å². The van der Waals surface area contributed by atoms with Gasteiger partial charge in [0.25, 0.3) is 0 Å². The lowest BCUT2D eigenvalue weighted by Gasteiger charge is -2.22. The minimum Gasteiger partial charge on any atom is -0.318 e. The summed E-state index contributed by atoms with van der Waals surface area (Å²) in [7, 11) is 0. The first-order chi connectivity index (χ1) is 11.6. The van der Waals surface area contributed by atoms with Crippen molar-refractivity contribution in [2.45, 2.75) is 58.9 Å². The topological polar surface area (TPSA) is 34.0 Å². The molecule has 1 N–H and O–H groups in total. The summed E-state index contributed by atoms with van der Waals surface area (Å²) in [6.45, 7) is 6.65. The van der Waals surface area contributed by atoms with Crippen LogP contribution < -0.4 is 5.32 Å². The van der Waals surface area contributed by atoms with Gasteiger partial charge in [-0.2, -0.15) is 0 Å². The van der Waals surface area contributed by atoms with E-state index in [9.17, 15) is 4.79 Å². The fraction of sp³-hybridized carbons (Fsp3) is 0.476. The van der Waals surface area contributed by atoms with Crippen LogP contribution in [0.4, 0.5) is 0 Å². The molecule has 0 bridgehead atoms. The lowest BCUT2D eigenvalue weighted by molar-refractivity contribution is 0.0984. The maximum absolute atomic E-state index is 12.7. The number of aromatic nitrogens is 1. The van der Waals surface area contributed by atoms with Crippen molar-refractivity contribution >= 4 is 5.78 Å². The molecule has 3 heteroatoms. The van der Waals surface area contributed by atoms with Crippen LogP contribution in [0, 0.1) is 20.8 Å². The Hall–Kier alpha value is -1.87. The van der Waals surface area contributed by atoms with Crippen molar-refractivity contribution in [1.29, 1.82) is 0 Å². The van der Waals surface area contributed by atoms with Crippen LogP contribution in [-0.2, 0) is 0 Å². The number of carbonyl (C=O) groups is 1. The van der Waals surface area contributed by atoms with Crippen molar-refractivity contribution in [1.82, 2.24) is 9.88 Å². The molecule has 1 aliphatic rings. The van der Waals surface area contributed by atoms with E-state index in [4.69, 9.17) is 0 Å². The highest BCUT2D eigenvalue weighted by atomic mass is 16.1. The summed E-state index contributed by atoms with van der Waals surface area (Å²) >= 11 is 0. The van der Waals surface area contributed by atoms with Gasteiger partial charge in [0.15, 0.2) is 5.78 Å². The van der Waals surface area contributed by atoms with Crippen molar-refractivity contribution in [2.75, 3.05) is 6.54 Å². The van der Waals surface area contributed by atoms with Crippen LogP contribution in [0.25, 0.3) is 5.69 Å². The summed E-state index contributed by atoms with van der Waals surface area (Å²) in [6, 6.07) is 11.0. The molecule has 0 saturated heterocycles. The minimum atomic E-state index is 0.201. The van der Waals surface area contributed by atoms with Gasteiger partial charge in [0.1, 0.15) is 0 Å². The first-order valence-corrected chi connectivity index (χ1v) is 9.09. The molecule has 2 aromatic rings. The molecule has 0 aliphatic heterocycles. The van der Waals surface area contributed by atoms with Gasteiger partial charge in [-0.1, -0.05) is 37.0 Å². The van der Waals surface area contributed by atoms with E-state index in [-0.39, 0.29) is 5.78 Å². The smallest absolute Gasteiger partial charge is 0.178 e. The monoisotopic (exact) mass is 324 g/mol. The van der Waals surface area contributed by atoms with E-state index >= 15 is 0 Å². The quantitative estimate of drug-likeness (QED) is 0.821. The van der Waals surface area contributed by atoms with Crippen LogP contribution in [0.1, 0.15) is 59.4 Å². The number of rotatable bonds is 5. The number of nitrogens with one attached hydrogen (secondary N) is 1. The van der Waals surface area contributed by atoms with Gasteiger partial charge in [-0.15, -0.1) is 0 Å². The molecule has 128 valence electrons. The summed E-state index contributed by atoms with van der Waals surface area (Å²) < 4.78 is 2.17. The SMILES string of the molecule is Cc1ccc(-n2c(C)cc(C(=O)CNC3CCCCC3)c2C)cc1. The fourth-order valence-corrected chi connectivity index (χ4v) is 3.78. The van der Waals surface area contributed by atoms with Crippen molar-refractivity contribution in [2.24, 2.45) is 0 Å². The van der Waals surface area contributed by atoms with Crippen LogP contribution in [-0.4, -0.2) is 22.9 Å². The Kier molecular flexibility index (Phi) is 5.20. The molecule has 0 spiro atoms. The number of benzene rings is 1. The summed E-state index contributed by atoms with van der Waals surface area (Å²) in [5.41, 5.74) is 5.35. The van der Waals surface area contributed by atoms with Gasteiger partial charge < -0.3 is 9.88 Å². The fourth-order valence-electron chi connectivity index (χ4n) is 3.78. The summed E-state index contributed by atoms with van der Waals surface area (Å²) in [6.07, 6.45) is 6.32. The molecule has 24 heavy (non-hydrogen) atoms. The second-order valence-electron chi connectivity index (χ2n) is 7.09. The molecular weight excluding hydrogens is 296 g/mol. The van der Waals surface area contributed by atoms with Gasteiger partial charge in [0, 0.05) is 28.7 Å².